The Morgan fingerprint density at radius 3 is 2.27 bits per heavy atom. The molecule has 1 amide bonds. The third-order valence-electron chi connectivity index (χ3n) is 3.14. The standard InChI is InChI=1S/C17H20N4O/c18-17(19)20-11-10-13-6-8-15(9-7-13)21-16(22)12-14-4-2-1-3-5-14/h1-9H,10-12H2,(H,21,22)(H4,18,19,20). The minimum atomic E-state index is -0.0283. The van der Waals surface area contributed by atoms with Crippen molar-refractivity contribution in [3.63, 3.8) is 0 Å². The quantitative estimate of drug-likeness (QED) is 0.559. The molecule has 2 aromatic carbocycles. The van der Waals surface area contributed by atoms with Crippen LogP contribution in [0.15, 0.2) is 59.6 Å². The van der Waals surface area contributed by atoms with Gasteiger partial charge in [-0.1, -0.05) is 42.5 Å². The van der Waals surface area contributed by atoms with Gasteiger partial charge in [0.1, 0.15) is 0 Å². The van der Waals surface area contributed by atoms with E-state index in [1.165, 1.54) is 0 Å². The van der Waals surface area contributed by atoms with Gasteiger partial charge in [0.2, 0.25) is 5.91 Å². The molecule has 0 heterocycles. The molecule has 0 aliphatic heterocycles. The molecule has 0 saturated carbocycles. The maximum Gasteiger partial charge on any atom is 0.228 e. The average molecular weight is 296 g/mol. The second-order valence-electron chi connectivity index (χ2n) is 4.96. The van der Waals surface area contributed by atoms with Gasteiger partial charge in [-0.2, -0.15) is 0 Å². The summed E-state index contributed by atoms with van der Waals surface area (Å²) in [6.07, 6.45) is 1.13. The molecule has 0 unspecified atom stereocenters. The van der Waals surface area contributed by atoms with Gasteiger partial charge in [-0.3, -0.25) is 9.79 Å². The number of benzene rings is 2. The van der Waals surface area contributed by atoms with Crippen LogP contribution in [-0.2, 0) is 17.6 Å². The van der Waals surface area contributed by atoms with E-state index in [0.717, 1.165) is 23.2 Å². The number of carbonyl (C=O) groups excluding carboxylic acids is 1. The van der Waals surface area contributed by atoms with Crippen LogP contribution in [0.4, 0.5) is 5.69 Å². The Morgan fingerprint density at radius 2 is 1.64 bits per heavy atom. The number of anilines is 1. The van der Waals surface area contributed by atoms with Crippen molar-refractivity contribution in [2.45, 2.75) is 12.8 Å². The molecule has 0 bridgehead atoms. The summed E-state index contributed by atoms with van der Waals surface area (Å²) in [6, 6.07) is 17.3. The summed E-state index contributed by atoms with van der Waals surface area (Å²) in [4.78, 5) is 15.9. The van der Waals surface area contributed by atoms with Crippen molar-refractivity contribution in [2.75, 3.05) is 11.9 Å². The fourth-order valence-electron chi connectivity index (χ4n) is 2.06. The highest BCUT2D eigenvalue weighted by atomic mass is 16.1. The van der Waals surface area contributed by atoms with Crippen LogP contribution in [0.25, 0.3) is 0 Å². The molecular formula is C17H20N4O. The average Bonchev–Trinajstić information content (AvgIpc) is 2.49. The molecule has 2 aromatic rings. The maximum absolute atomic E-state index is 12.0. The molecule has 5 heteroatoms. The fourth-order valence-corrected chi connectivity index (χ4v) is 2.06. The Kier molecular flexibility index (Phi) is 5.54. The SMILES string of the molecule is NC(N)=NCCc1ccc(NC(=O)Cc2ccccc2)cc1. The molecule has 5 nitrogen and oxygen atoms in total. The number of guanidine groups is 1. The number of hydrogen-bond acceptors (Lipinski definition) is 2. The Labute approximate surface area is 130 Å². The highest BCUT2D eigenvalue weighted by Gasteiger charge is 2.03. The van der Waals surface area contributed by atoms with Crippen LogP contribution in [-0.4, -0.2) is 18.4 Å². The first-order valence-electron chi connectivity index (χ1n) is 7.11. The number of rotatable bonds is 6. The van der Waals surface area contributed by atoms with Gasteiger partial charge in [0, 0.05) is 12.2 Å². The third-order valence-corrected chi connectivity index (χ3v) is 3.14. The van der Waals surface area contributed by atoms with Gasteiger partial charge in [0.05, 0.1) is 6.42 Å². The summed E-state index contributed by atoms with van der Waals surface area (Å²) in [7, 11) is 0. The number of nitrogens with one attached hydrogen (secondary N) is 1. The lowest BCUT2D eigenvalue weighted by molar-refractivity contribution is -0.115. The second-order valence-corrected chi connectivity index (χ2v) is 4.96. The van der Waals surface area contributed by atoms with E-state index in [2.05, 4.69) is 10.3 Å². The molecule has 0 atom stereocenters. The molecule has 0 aromatic heterocycles. The number of amides is 1. The Bertz CT molecular complexity index is 631. The van der Waals surface area contributed by atoms with E-state index in [1.54, 1.807) is 0 Å². The molecular weight excluding hydrogens is 276 g/mol. The molecule has 5 N–H and O–H groups in total. The number of nitrogens with two attached hydrogens (primary N) is 2. The molecule has 0 aliphatic rings. The van der Waals surface area contributed by atoms with E-state index >= 15 is 0 Å². The van der Waals surface area contributed by atoms with Crippen LogP contribution >= 0.6 is 0 Å². The van der Waals surface area contributed by atoms with Gasteiger partial charge in [0.25, 0.3) is 0 Å². The van der Waals surface area contributed by atoms with E-state index in [-0.39, 0.29) is 11.9 Å². The Hall–Kier alpha value is -2.82. The van der Waals surface area contributed by atoms with Gasteiger partial charge in [-0.15, -0.1) is 0 Å². The highest BCUT2D eigenvalue weighted by molar-refractivity contribution is 5.92. The van der Waals surface area contributed by atoms with Gasteiger partial charge in [-0.25, -0.2) is 0 Å². The van der Waals surface area contributed by atoms with E-state index in [4.69, 9.17) is 11.5 Å². The van der Waals surface area contributed by atoms with Gasteiger partial charge in [-0.05, 0) is 29.7 Å². The van der Waals surface area contributed by atoms with Crippen molar-refractivity contribution >= 4 is 17.6 Å². The Morgan fingerprint density at radius 1 is 0.955 bits per heavy atom. The van der Waals surface area contributed by atoms with Crippen molar-refractivity contribution in [1.82, 2.24) is 0 Å². The van der Waals surface area contributed by atoms with Crippen LogP contribution in [0.1, 0.15) is 11.1 Å². The molecule has 2 rings (SSSR count). The molecule has 0 radical (unpaired) electrons. The van der Waals surface area contributed by atoms with Crippen molar-refractivity contribution < 1.29 is 4.79 Å². The minimum absolute atomic E-state index is 0.0283. The zero-order valence-corrected chi connectivity index (χ0v) is 12.3. The molecule has 0 spiro atoms. The largest absolute Gasteiger partial charge is 0.370 e. The predicted octanol–water partition coefficient (Wildman–Crippen LogP) is 1.68. The smallest absolute Gasteiger partial charge is 0.228 e. The number of hydrogen-bond donors (Lipinski definition) is 3. The lowest BCUT2D eigenvalue weighted by Gasteiger charge is -2.06. The van der Waals surface area contributed by atoms with Gasteiger partial charge in [0.15, 0.2) is 5.96 Å². The van der Waals surface area contributed by atoms with Crippen LogP contribution in [0.5, 0.6) is 0 Å². The van der Waals surface area contributed by atoms with Crippen LogP contribution in [0.2, 0.25) is 0 Å². The van der Waals surface area contributed by atoms with Crippen LogP contribution in [0.3, 0.4) is 0 Å². The van der Waals surface area contributed by atoms with Crippen molar-refractivity contribution in [3.8, 4) is 0 Å². The zero-order chi connectivity index (χ0) is 15.8. The maximum atomic E-state index is 12.0. The normalized spacial score (nSPS) is 10.0. The molecule has 22 heavy (non-hydrogen) atoms. The zero-order valence-electron chi connectivity index (χ0n) is 12.3. The molecule has 114 valence electrons. The first kappa shape index (κ1) is 15.6. The van der Waals surface area contributed by atoms with Gasteiger partial charge < -0.3 is 16.8 Å². The van der Waals surface area contributed by atoms with Gasteiger partial charge >= 0.3 is 0 Å². The van der Waals surface area contributed by atoms with E-state index in [9.17, 15) is 4.79 Å². The second kappa shape index (κ2) is 7.83. The lowest BCUT2D eigenvalue weighted by Crippen LogP contribution is -2.23. The molecule has 0 saturated heterocycles. The van der Waals surface area contributed by atoms with E-state index < -0.39 is 0 Å². The minimum Gasteiger partial charge on any atom is -0.370 e. The molecule has 0 aliphatic carbocycles. The summed E-state index contributed by atoms with van der Waals surface area (Å²) in [5.74, 6) is 0.0734. The lowest BCUT2D eigenvalue weighted by atomic mass is 10.1. The fraction of sp³-hybridized carbons (Fsp3) is 0.176. The first-order chi connectivity index (χ1) is 10.6. The third kappa shape index (κ3) is 5.28. The van der Waals surface area contributed by atoms with Crippen LogP contribution in [0, 0.1) is 0 Å². The number of aliphatic imine (C=N–C) groups is 1. The van der Waals surface area contributed by atoms with E-state index in [1.807, 2.05) is 54.6 Å². The van der Waals surface area contributed by atoms with Crippen LogP contribution < -0.4 is 16.8 Å². The summed E-state index contributed by atoms with van der Waals surface area (Å²) in [5.41, 5.74) is 13.5. The first-order valence-corrected chi connectivity index (χ1v) is 7.11. The number of nitrogens with zero attached hydrogens (tertiary/aromatic N) is 1. The van der Waals surface area contributed by atoms with Crippen molar-refractivity contribution in [1.29, 1.82) is 0 Å². The summed E-state index contributed by atoms with van der Waals surface area (Å²) >= 11 is 0. The van der Waals surface area contributed by atoms with Crippen molar-refractivity contribution in [2.24, 2.45) is 16.5 Å². The summed E-state index contributed by atoms with van der Waals surface area (Å²) in [5, 5.41) is 2.89. The summed E-state index contributed by atoms with van der Waals surface area (Å²) < 4.78 is 0. The van der Waals surface area contributed by atoms with E-state index in [0.29, 0.717) is 13.0 Å². The Balaban J connectivity index is 1.85. The molecule has 0 fully saturated rings. The topological polar surface area (TPSA) is 93.5 Å². The number of carbonyl (C=O) groups is 1. The summed E-state index contributed by atoms with van der Waals surface area (Å²) in [6.45, 7) is 0.558. The van der Waals surface area contributed by atoms with Crippen molar-refractivity contribution in [3.05, 3.63) is 65.7 Å². The monoisotopic (exact) mass is 296 g/mol. The highest BCUT2D eigenvalue weighted by Crippen LogP contribution is 2.11. The predicted molar refractivity (Wildman–Crippen MR) is 89.6 cm³/mol.